The van der Waals surface area contributed by atoms with Crippen molar-refractivity contribution in [1.82, 2.24) is 30.2 Å². The highest BCUT2D eigenvalue weighted by atomic mass is 19.1. The molecule has 0 amide bonds. The maximum absolute atomic E-state index is 14.8. The molecule has 1 aromatic carbocycles. The van der Waals surface area contributed by atoms with Gasteiger partial charge in [0.15, 0.2) is 11.5 Å². The topological polar surface area (TPSA) is 112 Å². The van der Waals surface area contributed by atoms with Crippen molar-refractivity contribution in [2.45, 2.75) is 37.8 Å². The molecule has 0 radical (unpaired) electrons. The standard InChI is InChI=1S/C27H31FN8O/c1-2-27(37)10-9-17-3-8-23(34-24(17)27)36-16-22(28)21-15-32-26(35-25(21)36)33-19-6-4-18(5-7-19)30-11-12-31-20-13-29-14-20/h3-8,15-16,20,29-31,37H,2,9-14H2,1H3,(H,32,33,35)/t27-/m1/s1. The van der Waals surface area contributed by atoms with Gasteiger partial charge in [0.25, 0.3) is 0 Å². The molecule has 3 aromatic heterocycles. The molecule has 0 bridgehead atoms. The summed E-state index contributed by atoms with van der Waals surface area (Å²) in [6.45, 7) is 5.79. The van der Waals surface area contributed by atoms with Crippen LogP contribution in [0.1, 0.15) is 31.0 Å². The molecule has 0 unspecified atom stereocenters. The van der Waals surface area contributed by atoms with Gasteiger partial charge in [-0.2, -0.15) is 4.98 Å². The summed E-state index contributed by atoms with van der Waals surface area (Å²) in [7, 11) is 0. The third-order valence-electron chi connectivity index (χ3n) is 7.35. The van der Waals surface area contributed by atoms with E-state index in [0.717, 1.165) is 49.5 Å². The first-order valence-electron chi connectivity index (χ1n) is 12.8. The summed E-state index contributed by atoms with van der Waals surface area (Å²) in [6, 6.07) is 12.3. The van der Waals surface area contributed by atoms with Gasteiger partial charge in [0.05, 0.1) is 11.1 Å². The lowest BCUT2D eigenvalue weighted by Crippen LogP contribution is -2.56. The highest BCUT2D eigenvalue weighted by Gasteiger charge is 2.37. The van der Waals surface area contributed by atoms with Crippen LogP contribution in [0.2, 0.25) is 0 Å². The largest absolute Gasteiger partial charge is 0.384 e. The molecule has 1 fully saturated rings. The van der Waals surface area contributed by atoms with E-state index >= 15 is 0 Å². The van der Waals surface area contributed by atoms with Crippen LogP contribution < -0.4 is 21.3 Å². The first-order chi connectivity index (χ1) is 18.0. The van der Waals surface area contributed by atoms with E-state index in [4.69, 9.17) is 4.98 Å². The number of aromatic nitrogens is 4. The monoisotopic (exact) mass is 502 g/mol. The van der Waals surface area contributed by atoms with Gasteiger partial charge < -0.3 is 26.4 Å². The molecule has 6 rings (SSSR count). The molecule has 9 nitrogen and oxygen atoms in total. The smallest absolute Gasteiger partial charge is 0.229 e. The summed E-state index contributed by atoms with van der Waals surface area (Å²) in [5, 5.41) is 24.6. The van der Waals surface area contributed by atoms with Crippen LogP contribution in [0, 0.1) is 5.82 Å². The average Bonchev–Trinajstić information content (AvgIpc) is 3.40. The van der Waals surface area contributed by atoms with E-state index < -0.39 is 11.4 Å². The second kappa shape index (κ2) is 9.70. The van der Waals surface area contributed by atoms with Crippen LogP contribution in [0.4, 0.5) is 21.7 Å². The number of hydrogen-bond donors (Lipinski definition) is 5. The fourth-order valence-electron chi connectivity index (χ4n) is 4.94. The zero-order valence-electron chi connectivity index (χ0n) is 20.8. The number of halogens is 1. The van der Waals surface area contributed by atoms with Gasteiger partial charge in [-0.25, -0.2) is 14.4 Å². The van der Waals surface area contributed by atoms with Crippen LogP contribution in [0.15, 0.2) is 48.8 Å². The van der Waals surface area contributed by atoms with Crippen molar-refractivity contribution in [3.05, 3.63) is 65.9 Å². The zero-order valence-corrected chi connectivity index (χ0v) is 20.8. The third kappa shape index (κ3) is 4.63. The Balaban J connectivity index is 1.19. The first kappa shape index (κ1) is 23.8. The van der Waals surface area contributed by atoms with Gasteiger partial charge in [0, 0.05) is 56.0 Å². The third-order valence-corrected chi connectivity index (χ3v) is 7.35. The molecular formula is C27H31FN8O. The number of aryl methyl sites for hydroxylation is 1. The van der Waals surface area contributed by atoms with Gasteiger partial charge >= 0.3 is 0 Å². The molecule has 1 atom stereocenters. The highest BCUT2D eigenvalue weighted by Crippen LogP contribution is 2.38. The number of nitrogens with one attached hydrogen (secondary N) is 4. The lowest BCUT2D eigenvalue weighted by molar-refractivity contribution is 0.0306. The first-order valence-corrected chi connectivity index (χ1v) is 12.8. The lowest BCUT2D eigenvalue weighted by atomic mass is 9.98. The fourth-order valence-corrected chi connectivity index (χ4v) is 4.94. The molecule has 2 aliphatic rings. The summed E-state index contributed by atoms with van der Waals surface area (Å²) >= 11 is 0. The Kier molecular flexibility index (Phi) is 6.23. The van der Waals surface area contributed by atoms with Crippen LogP contribution in [0.3, 0.4) is 0 Å². The predicted molar refractivity (Wildman–Crippen MR) is 142 cm³/mol. The molecule has 1 saturated heterocycles. The van der Waals surface area contributed by atoms with Crippen molar-refractivity contribution in [2.24, 2.45) is 0 Å². The van der Waals surface area contributed by atoms with Gasteiger partial charge in [-0.1, -0.05) is 13.0 Å². The van der Waals surface area contributed by atoms with E-state index in [9.17, 15) is 9.50 Å². The van der Waals surface area contributed by atoms with E-state index in [1.807, 2.05) is 43.3 Å². The number of anilines is 3. The molecule has 4 aromatic rings. The molecule has 37 heavy (non-hydrogen) atoms. The number of pyridine rings is 1. The number of fused-ring (bicyclic) bond motifs is 2. The van der Waals surface area contributed by atoms with Crippen LogP contribution in [-0.2, 0) is 12.0 Å². The van der Waals surface area contributed by atoms with Crippen LogP contribution in [0.5, 0.6) is 0 Å². The predicted octanol–water partition coefficient (Wildman–Crippen LogP) is 3.22. The van der Waals surface area contributed by atoms with Gasteiger partial charge in [-0.05, 0) is 55.2 Å². The Morgan fingerprint density at radius 2 is 1.92 bits per heavy atom. The van der Waals surface area contributed by atoms with Crippen molar-refractivity contribution < 1.29 is 9.50 Å². The van der Waals surface area contributed by atoms with E-state index in [2.05, 4.69) is 31.2 Å². The quantitative estimate of drug-likeness (QED) is 0.222. The van der Waals surface area contributed by atoms with Crippen LogP contribution in [-0.4, -0.2) is 56.8 Å². The zero-order chi connectivity index (χ0) is 25.4. The van der Waals surface area contributed by atoms with E-state index in [1.54, 1.807) is 4.57 Å². The molecule has 5 N–H and O–H groups in total. The number of aliphatic hydroxyl groups is 1. The van der Waals surface area contributed by atoms with Crippen LogP contribution >= 0.6 is 0 Å². The molecule has 1 aliphatic heterocycles. The Bertz CT molecular complexity index is 1420. The average molecular weight is 503 g/mol. The van der Waals surface area contributed by atoms with Gasteiger partial charge in [-0.3, -0.25) is 4.57 Å². The minimum absolute atomic E-state index is 0.310. The molecule has 192 valence electrons. The van der Waals surface area contributed by atoms with Crippen molar-refractivity contribution in [3.63, 3.8) is 0 Å². The summed E-state index contributed by atoms with van der Waals surface area (Å²) in [5.41, 5.74) is 3.03. The Morgan fingerprint density at radius 3 is 2.68 bits per heavy atom. The van der Waals surface area contributed by atoms with Crippen molar-refractivity contribution in [1.29, 1.82) is 0 Å². The van der Waals surface area contributed by atoms with E-state index in [0.29, 0.717) is 47.4 Å². The minimum Gasteiger partial charge on any atom is -0.384 e. The second-order valence-corrected chi connectivity index (χ2v) is 9.78. The highest BCUT2D eigenvalue weighted by molar-refractivity contribution is 5.79. The lowest BCUT2D eigenvalue weighted by Gasteiger charge is -2.28. The number of nitrogens with zero attached hydrogens (tertiary/aromatic N) is 4. The summed E-state index contributed by atoms with van der Waals surface area (Å²) in [5.74, 6) is 0.453. The van der Waals surface area contributed by atoms with Crippen molar-refractivity contribution >= 4 is 28.4 Å². The second-order valence-electron chi connectivity index (χ2n) is 9.78. The van der Waals surface area contributed by atoms with Gasteiger partial charge in [0.1, 0.15) is 11.4 Å². The van der Waals surface area contributed by atoms with Gasteiger partial charge in [0.2, 0.25) is 5.95 Å². The maximum atomic E-state index is 14.8. The SMILES string of the molecule is CC[C@@]1(O)CCc2ccc(-n3cc(F)c4cnc(Nc5ccc(NCCNC6CNC6)cc5)nc43)nc21. The fraction of sp³-hybridized carbons (Fsp3) is 0.370. The minimum atomic E-state index is -0.944. The molecular weight excluding hydrogens is 471 g/mol. The normalized spacial score (nSPS) is 19.1. The van der Waals surface area contributed by atoms with E-state index in [-0.39, 0.29) is 0 Å². The molecule has 10 heteroatoms. The molecule has 1 aliphatic carbocycles. The van der Waals surface area contributed by atoms with Crippen molar-refractivity contribution in [3.8, 4) is 5.82 Å². The number of hydrogen-bond acceptors (Lipinski definition) is 8. The number of benzene rings is 1. The summed E-state index contributed by atoms with van der Waals surface area (Å²) in [4.78, 5) is 13.6. The van der Waals surface area contributed by atoms with Gasteiger partial charge in [-0.15, -0.1) is 0 Å². The maximum Gasteiger partial charge on any atom is 0.229 e. The Hall–Kier alpha value is -3.60. The Morgan fingerprint density at radius 1 is 1.11 bits per heavy atom. The molecule has 0 saturated carbocycles. The Labute approximate surface area is 214 Å². The summed E-state index contributed by atoms with van der Waals surface area (Å²) < 4.78 is 16.4. The summed E-state index contributed by atoms with van der Waals surface area (Å²) in [6.07, 6.45) is 4.86. The molecule has 0 spiro atoms. The number of rotatable bonds is 9. The molecule has 4 heterocycles. The van der Waals surface area contributed by atoms with E-state index in [1.165, 1.54) is 12.4 Å². The van der Waals surface area contributed by atoms with Crippen LogP contribution in [0.25, 0.3) is 16.9 Å². The van der Waals surface area contributed by atoms with Crippen molar-refractivity contribution in [2.75, 3.05) is 36.8 Å².